The minimum absolute atomic E-state index is 0.00441. The first-order valence-corrected chi connectivity index (χ1v) is 9.35. The lowest BCUT2D eigenvalue weighted by molar-refractivity contribution is -0.120. The number of nitrogens with one attached hydrogen (secondary N) is 1. The topological polar surface area (TPSA) is 66.5 Å². The molecule has 0 unspecified atom stereocenters. The van der Waals surface area contributed by atoms with E-state index in [9.17, 15) is 22.0 Å². The average molecular weight is 368 g/mol. The second kappa shape index (κ2) is 8.06. The third kappa shape index (κ3) is 5.53. The molecule has 0 saturated heterocycles. The first-order valence-electron chi connectivity index (χ1n) is 7.51. The molecule has 0 aliphatic heterocycles. The summed E-state index contributed by atoms with van der Waals surface area (Å²) in [5, 5.41) is 2.59. The maximum Gasteiger partial charge on any atom is 0.232 e. The molecule has 0 fully saturated rings. The van der Waals surface area contributed by atoms with E-state index in [-0.39, 0.29) is 31.1 Å². The van der Waals surface area contributed by atoms with Gasteiger partial charge in [-0.2, -0.15) is 0 Å². The Morgan fingerprint density at radius 1 is 1.12 bits per heavy atom. The maximum absolute atomic E-state index is 13.9. The van der Waals surface area contributed by atoms with Crippen molar-refractivity contribution in [3.05, 3.63) is 65.7 Å². The third-order valence-corrected chi connectivity index (χ3v) is 4.60. The van der Waals surface area contributed by atoms with Crippen molar-refractivity contribution in [2.45, 2.75) is 6.42 Å². The van der Waals surface area contributed by atoms with E-state index >= 15 is 0 Å². The second-order valence-corrected chi connectivity index (χ2v) is 7.35. The van der Waals surface area contributed by atoms with Crippen molar-refractivity contribution < 1.29 is 22.0 Å². The van der Waals surface area contributed by atoms with Gasteiger partial charge in [-0.3, -0.25) is 9.10 Å². The van der Waals surface area contributed by atoms with Crippen molar-refractivity contribution in [3.63, 3.8) is 0 Å². The smallest absolute Gasteiger partial charge is 0.232 e. The molecule has 134 valence electrons. The molecule has 8 heteroatoms. The molecule has 0 atom stereocenters. The summed E-state index contributed by atoms with van der Waals surface area (Å²) < 4.78 is 51.5. The van der Waals surface area contributed by atoms with Crippen LogP contribution < -0.4 is 9.62 Å². The Morgan fingerprint density at radius 3 is 2.40 bits per heavy atom. The van der Waals surface area contributed by atoms with Crippen LogP contribution in [-0.4, -0.2) is 33.7 Å². The predicted molar refractivity (Wildman–Crippen MR) is 91.7 cm³/mol. The largest absolute Gasteiger partial charge is 0.354 e. The van der Waals surface area contributed by atoms with Crippen molar-refractivity contribution >= 4 is 21.6 Å². The number of nitrogens with zero attached hydrogens (tertiary/aromatic N) is 1. The lowest BCUT2D eigenvalue weighted by Crippen LogP contribution is -2.39. The molecule has 1 amide bonds. The van der Waals surface area contributed by atoms with Crippen LogP contribution in [0.15, 0.2) is 48.5 Å². The van der Waals surface area contributed by atoms with Crippen LogP contribution in [0.3, 0.4) is 0 Å². The summed E-state index contributed by atoms with van der Waals surface area (Å²) in [6.07, 6.45) is 1.08. The molecule has 0 saturated carbocycles. The van der Waals surface area contributed by atoms with E-state index in [0.29, 0.717) is 6.07 Å². The molecule has 0 aromatic heterocycles. The Kier molecular flexibility index (Phi) is 6.08. The normalized spacial score (nSPS) is 11.2. The van der Waals surface area contributed by atoms with Gasteiger partial charge in [0.15, 0.2) is 0 Å². The lowest BCUT2D eigenvalue weighted by atomic mass is 10.1. The van der Waals surface area contributed by atoms with Crippen LogP contribution in [0.5, 0.6) is 0 Å². The van der Waals surface area contributed by atoms with Gasteiger partial charge >= 0.3 is 0 Å². The van der Waals surface area contributed by atoms with Gasteiger partial charge in [0.25, 0.3) is 0 Å². The molecular weight excluding hydrogens is 350 g/mol. The van der Waals surface area contributed by atoms with Gasteiger partial charge in [-0.15, -0.1) is 0 Å². The number of hydrogen-bond donors (Lipinski definition) is 1. The minimum atomic E-state index is -3.79. The molecular formula is C17H18F2N2O3S. The third-order valence-electron chi connectivity index (χ3n) is 3.42. The molecule has 0 bridgehead atoms. The van der Waals surface area contributed by atoms with E-state index in [1.165, 1.54) is 0 Å². The van der Waals surface area contributed by atoms with Crippen LogP contribution in [0.2, 0.25) is 0 Å². The molecule has 2 aromatic rings. The Bertz CT molecular complexity index is 842. The van der Waals surface area contributed by atoms with Gasteiger partial charge in [0.1, 0.15) is 11.6 Å². The Morgan fingerprint density at radius 2 is 1.80 bits per heavy atom. The number of sulfonamides is 1. The molecule has 2 rings (SSSR count). The molecule has 0 aliphatic carbocycles. The highest BCUT2D eigenvalue weighted by Crippen LogP contribution is 2.22. The van der Waals surface area contributed by atoms with E-state index in [2.05, 4.69) is 5.32 Å². The van der Waals surface area contributed by atoms with Crippen molar-refractivity contribution in [1.29, 1.82) is 0 Å². The van der Waals surface area contributed by atoms with E-state index in [0.717, 1.165) is 28.3 Å². The summed E-state index contributed by atoms with van der Waals surface area (Å²) in [6, 6.07) is 11.7. The van der Waals surface area contributed by atoms with Crippen LogP contribution in [0.4, 0.5) is 14.5 Å². The standard InChI is InChI=1S/C17H18F2N2O3S/c1-25(23,24)21(16-8-7-14(18)12-15(16)19)10-9-20-17(22)11-13-5-3-2-4-6-13/h2-8,12H,9-11H2,1H3,(H,20,22). The Labute approximate surface area is 145 Å². The molecule has 0 heterocycles. The number of amides is 1. The fraction of sp³-hybridized carbons (Fsp3) is 0.235. The zero-order valence-electron chi connectivity index (χ0n) is 13.6. The number of carbonyl (C=O) groups excluding carboxylic acids is 1. The number of carbonyl (C=O) groups is 1. The first-order chi connectivity index (χ1) is 11.8. The Hall–Kier alpha value is -2.48. The van der Waals surface area contributed by atoms with Gasteiger partial charge < -0.3 is 5.32 Å². The lowest BCUT2D eigenvalue weighted by Gasteiger charge is -2.23. The SMILES string of the molecule is CS(=O)(=O)N(CCNC(=O)Cc1ccccc1)c1ccc(F)cc1F. The van der Waals surface area contributed by atoms with E-state index in [1.54, 1.807) is 12.1 Å². The highest BCUT2D eigenvalue weighted by Gasteiger charge is 2.21. The van der Waals surface area contributed by atoms with Gasteiger partial charge in [0.2, 0.25) is 15.9 Å². The number of benzene rings is 2. The van der Waals surface area contributed by atoms with E-state index in [1.807, 2.05) is 18.2 Å². The van der Waals surface area contributed by atoms with Crippen LogP contribution in [0.25, 0.3) is 0 Å². The van der Waals surface area contributed by atoms with Crippen molar-refractivity contribution in [3.8, 4) is 0 Å². The summed E-state index contributed by atoms with van der Waals surface area (Å²) >= 11 is 0. The zero-order chi connectivity index (χ0) is 18.4. The molecule has 0 radical (unpaired) electrons. The summed E-state index contributed by atoms with van der Waals surface area (Å²) in [6.45, 7) is -0.169. The molecule has 0 spiro atoms. The second-order valence-electron chi connectivity index (χ2n) is 5.44. The van der Waals surface area contributed by atoms with E-state index in [4.69, 9.17) is 0 Å². The molecule has 0 aliphatic rings. The van der Waals surface area contributed by atoms with Gasteiger partial charge in [-0.1, -0.05) is 30.3 Å². The first kappa shape index (κ1) is 18.9. The summed E-state index contributed by atoms with van der Waals surface area (Å²) in [7, 11) is -3.79. The van der Waals surface area contributed by atoms with Crippen LogP contribution in [-0.2, 0) is 21.2 Å². The van der Waals surface area contributed by atoms with Crippen molar-refractivity contribution in [2.75, 3.05) is 23.7 Å². The molecule has 5 nitrogen and oxygen atoms in total. The summed E-state index contributed by atoms with van der Waals surface area (Å²) in [4.78, 5) is 11.9. The van der Waals surface area contributed by atoms with Crippen molar-refractivity contribution in [1.82, 2.24) is 5.32 Å². The summed E-state index contributed by atoms with van der Waals surface area (Å²) in [5.74, 6) is -2.06. The zero-order valence-corrected chi connectivity index (χ0v) is 14.4. The highest BCUT2D eigenvalue weighted by molar-refractivity contribution is 7.92. The predicted octanol–water partition coefficient (Wildman–Crippen LogP) is 2.09. The van der Waals surface area contributed by atoms with Crippen molar-refractivity contribution in [2.24, 2.45) is 0 Å². The Balaban J connectivity index is 2.00. The number of hydrogen-bond acceptors (Lipinski definition) is 3. The monoisotopic (exact) mass is 368 g/mol. The van der Waals surface area contributed by atoms with Gasteiger partial charge in [-0.25, -0.2) is 17.2 Å². The minimum Gasteiger partial charge on any atom is -0.354 e. The number of rotatable bonds is 7. The number of halogens is 2. The van der Waals surface area contributed by atoms with E-state index < -0.39 is 21.7 Å². The van der Waals surface area contributed by atoms with Crippen LogP contribution >= 0.6 is 0 Å². The van der Waals surface area contributed by atoms with Gasteiger partial charge in [0, 0.05) is 12.6 Å². The quantitative estimate of drug-likeness (QED) is 0.814. The fourth-order valence-corrected chi connectivity index (χ4v) is 3.22. The van der Waals surface area contributed by atoms with Crippen LogP contribution in [0, 0.1) is 11.6 Å². The maximum atomic E-state index is 13.9. The van der Waals surface area contributed by atoms with Gasteiger partial charge in [0.05, 0.1) is 24.9 Å². The summed E-state index contributed by atoms with van der Waals surface area (Å²) in [5.41, 5.74) is 0.561. The van der Waals surface area contributed by atoms with Crippen LogP contribution in [0.1, 0.15) is 5.56 Å². The molecule has 2 aromatic carbocycles. The average Bonchev–Trinajstić information content (AvgIpc) is 2.52. The number of anilines is 1. The van der Waals surface area contributed by atoms with Gasteiger partial charge in [-0.05, 0) is 17.7 Å². The highest BCUT2D eigenvalue weighted by atomic mass is 32.2. The molecule has 1 N–H and O–H groups in total. The molecule has 25 heavy (non-hydrogen) atoms. The fourth-order valence-electron chi connectivity index (χ4n) is 2.29.